The summed E-state index contributed by atoms with van der Waals surface area (Å²) in [6, 6.07) is 0. The molecule has 6 heteroatoms. The smallest absolute Gasteiger partial charge is 0.306 e. The second kappa shape index (κ2) is 48.8. The molecule has 0 N–H and O–H groups in total. The average molecular weight is 839 g/mol. The highest BCUT2D eigenvalue weighted by molar-refractivity contribution is 5.71. The number of carbonyl (C=O) groups is 3. The first-order valence-corrected chi connectivity index (χ1v) is 25.3. The van der Waals surface area contributed by atoms with E-state index in [4.69, 9.17) is 14.2 Å². The third-order valence-electron chi connectivity index (χ3n) is 10.8. The maximum Gasteiger partial charge on any atom is 0.306 e. The van der Waals surface area contributed by atoms with Crippen LogP contribution in [0.15, 0.2) is 60.8 Å². The van der Waals surface area contributed by atoms with Crippen LogP contribution in [0.1, 0.15) is 245 Å². The van der Waals surface area contributed by atoms with Crippen molar-refractivity contribution in [1.82, 2.24) is 0 Å². The van der Waals surface area contributed by atoms with Crippen molar-refractivity contribution in [3.8, 4) is 0 Å². The lowest BCUT2D eigenvalue weighted by molar-refractivity contribution is -0.167. The molecular formula is C54H94O6. The van der Waals surface area contributed by atoms with Crippen molar-refractivity contribution in [3.05, 3.63) is 60.8 Å². The van der Waals surface area contributed by atoms with Crippen molar-refractivity contribution in [2.45, 2.75) is 252 Å². The number of unbranched alkanes of at least 4 members (excludes halogenated alkanes) is 24. The lowest BCUT2D eigenvalue weighted by Gasteiger charge is -2.18. The minimum Gasteiger partial charge on any atom is -0.462 e. The van der Waals surface area contributed by atoms with Gasteiger partial charge in [0.05, 0.1) is 0 Å². The summed E-state index contributed by atoms with van der Waals surface area (Å²) in [7, 11) is 0. The molecule has 346 valence electrons. The highest BCUT2D eigenvalue weighted by Crippen LogP contribution is 2.15. The van der Waals surface area contributed by atoms with Crippen LogP contribution in [0.3, 0.4) is 0 Å². The molecule has 0 aliphatic carbocycles. The zero-order chi connectivity index (χ0) is 43.7. The van der Waals surface area contributed by atoms with Gasteiger partial charge in [-0.2, -0.15) is 0 Å². The summed E-state index contributed by atoms with van der Waals surface area (Å²) in [5.41, 5.74) is 0. The van der Waals surface area contributed by atoms with E-state index in [1.165, 1.54) is 109 Å². The van der Waals surface area contributed by atoms with Gasteiger partial charge in [-0.25, -0.2) is 0 Å². The van der Waals surface area contributed by atoms with E-state index in [0.717, 1.165) is 96.3 Å². The molecule has 0 amide bonds. The van der Waals surface area contributed by atoms with Crippen LogP contribution in [0.5, 0.6) is 0 Å². The molecule has 60 heavy (non-hydrogen) atoms. The Morgan fingerprint density at radius 3 is 1.02 bits per heavy atom. The first-order valence-electron chi connectivity index (χ1n) is 25.3. The SMILES string of the molecule is CC/C=C\C/C=C\C/C=C\C/C=C\C/C=C\CCCCCC(=O)OCC(COC(=O)CCCCCCCCCCCCC)OC(=O)CCCCCCCCCCCCCC. The minimum atomic E-state index is -0.782. The van der Waals surface area contributed by atoms with Crippen LogP contribution < -0.4 is 0 Å². The highest BCUT2D eigenvalue weighted by Gasteiger charge is 2.19. The van der Waals surface area contributed by atoms with Crippen LogP contribution in [0.25, 0.3) is 0 Å². The Bertz CT molecular complexity index is 1100. The van der Waals surface area contributed by atoms with E-state index >= 15 is 0 Å². The zero-order valence-electron chi connectivity index (χ0n) is 39.5. The van der Waals surface area contributed by atoms with Crippen molar-refractivity contribution in [2.75, 3.05) is 13.2 Å². The zero-order valence-corrected chi connectivity index (χ0v) is 39.5. The van der Waals surface area contributed by atoms with E-state index < -0.39 is 6.10 Å². The minimum absolute atomic E-state index is 0.0818. The van der Waals surface area contributed by atoms with Crippen LogP contribution in [0.4, 0.5) is 0 Å². The monoisotopic (exact) mass is 839 g/mol. The Morgan fingerprint density at radius 1 is 0.350 bits per heavy atom. The first kappa shape index (κ1) is 57.1. The van der Waals surface area contributed by atoms with Crippen molar-refractivity contribution in [2.24, 2.45) is 0 Å². The van der Waals surface area contributed by atoms with Gasteiger partial charge in [0.15, 0.2) is 6.10 Å². The number of hydrogen-bond donors (Lipinski definition) is 0. The van der Waals surface area contributed by atoms with Gasteiger partial charge in [-0.3, -0.25) is 14.4 Å². The molecule has 0 bridgehead atoms. The Balaban J connectivity index is 4.39. The summed E-state index contributed by atoms with van der Waals surface area (Å²) >= 11 is 0. The summed E-state index contributed by atoms with van der Waals surface area (Å²) in [5, 5.41) is 0. The van der Waals surface area contributed by atoms with E-state index in [9.17, 15) is 14.4 Å². The second-order valence-corrected chi connectivity index (χ2v) is 16.7. The number of hydrogen-bond acceptors (Lipinski definition) is 6. The Kier molecular flexibility index (Phi) is 46.4. The van der Waals surface area contributed by atoms with Gasteiger partial charge in [0, 0.05) is 19.3 Å². The Morgan fingerprint density at radius 2 is 0.650 bits per heavy atom. The number of allylic oxidation sites excluding steroid dienone is 10. The molecule has 0 radical (unpaired) electrons. The summed E-state index contributed by atoms with van der Waals surface area (Å²) in [6.07, 6.45) is 59.1. The van der Waals surface area contributed by atoms with E-state index in [2.05, 4.69) is 81.5 Å². The lowest BCUT2D eigenvalue weighted by Crippen LogP contribution is -2.30. The first-order chi connectivity index (χ1) is 29.5. The maximum atomic E-state index is 12.8. The standard InChI is InChI=1S/C54H94O6/c1-4-7-10-13-16-19-22-24-25-26-27-28-29-30-33-35-38-41-44-47-53(56)59-50-51(49-58-52(55)46-43-40-37-34-31-21-18-15-12-9-6-3)60-54(57)48-45-42-39-36-32-23-20-17-14-11-8-5-2/h7,10,16,19,24-25,27-28,30,33,51H,4-6,8-9,11-15,17-18,20-23,26,29,31-32,34-50H2,1-3H3/b10-7-,19-16-,25-24-,28-27-,33-30-. The van der Waals surface area contributed by atoms with Gasteiger partial charge in [-0.1, -0.05) is 223 Å². The van der Waals surface area contributed by atoms with Crippen molar-refractivity contribution >= 4 is 17.9 Å². The molecule has 0 saturated heterocycles. The van der Waals surface area contributed by atoms with E-state index in [0.29, 0.717) is 19.3 Å². The largest absolute Gasteiger partial charge is 0.462 e. The predicted octanol–water partition coefficient (Wildman–Crippen LogP) is 16.5. The van der Waals surface area contributed by atoms with Gasteiger partial charge in [0.1, 0.15) is 13.2 Å². The maximum absolute atomic E-state index is 12.8. The quantitative estimate of drug-likeness (QED) is 0.0263. The van der Waals surface area contributed by atoms with Crippen molar-refractivity contribution < 1.29 is 28.6 Å². The van der Waals surface area contributed by atoms with Crippen molar-refractivity contribution in [3.63, 3.8) is 0 Å². The molecule has 0 aromatic carbocycles. The molecule has 0 aliphatic heterocycles. The molecule has 0 rings (SSSR count). The van der Waals surface area contributed by atoms with Gasteiger partial charge in [-0.05, 0) is 64.2 Å². The Hall–Kier alpha value is -2.89. The molecule has 0 saturated carbocycles. The third-order valence-corrected chi connectivity index (χ3v) is 10.8. The number of carbonyl (C=O) groups excluding carboxylic acids is 3. The fraction of sp³-hybridized carbons (Fsp3) is 0.759. The molecule has 0 aromatic heterocycles. The second-order valence-electron chi connectivity index (χ2n) is 16.7. The highest BCUT2D eigenvalue weighted by atomic mass is 16.6. The molecule has 0 spiro atoms. The van der Waals surface area contributed by atoms with E-state index in [1.54, 1.807) is 0 Å². The fourth-order valence-corrected chi connectivity index (χ4v) is 7.00. The molecule has 0 aliphatic rings. The molecule has 0 aromatic rings. The molecular weight excluding hydrogens is 745 g/mol. The summed E-state index contributed by atoms with van der Waals surface area (Å²) in [4.78, 5) is 37.9. The average Bonchev–Trinajstić information content (AvgIpc) is 3.24. The van der Waals surface area contributed by atoms with Crippen LogP contribution in [0, 0.1) is 0 Å². The van der Waals surface area contributed by atoms with E-state index in [-0.39, 0.29) is 31.1 Å². The van der Waals surface area contributed by atoms with E-state index in [1.807, 2.05) is 0 Å². The van der Waals surface area contributed by atoms with Gasteiger partial charge in [0.2, 0.25) is 0 Å². The fourth-order valence-electron chi connectivity index (χ4n) is 7.00. The molecule has 1 atom stereocenters. The third kappa shape index (κ3) is 46.2. The van der Waals surface area contributed by atoms with Gasteiger partial charge in [-0.15, -0.1) is 0 Å². The summed E-state index contributed by atoms with van der Waals surface area (Å²) in [6.45, 7) is 6.49. The topological polar surface area (TPSA) is 78.9 Å². The number of esters is 3. The molecule has 0 fully saturated rings. The van der Waals surface area contributed by atoms with Gasteiger partial charge < -0.3 is 14.2 Å². The molecule has 0 heterocycles. The van der Waals surface area contributed by atoms with Crippen LogP contribution in [-0.2, 0) is 28.6 Å². The van der Waals surface area contributed by atoms with Gasteiger partial charge in [0.25, 0.3) is 0 Å². The summed E-state index contributed by atoms with van der Waals surface area (Å²) in [5.74, 6) is -0.912. The van der Waals surface area contributed by atoms with Crippen LogP contribution >= 0.6 is 0 Å². The lowest BCUT2D eigenvalue weighted by atomic mass is 10.0. The normalized spacial score (nSPS) is 12.5. The van der Waals surface area contributed by atoms with Crippen LogP contribution in [-0.4, -0.2) is 37.2 Å². The number of ether oxygens (including phenoxy) is 3. The molecule has 6 nitrogen and oxygen atoms in total. The predicted molar refractivity (Wildman–Crippen MR) is 256 cm³/mol. The number of rotatable bonds is 45. The Labute approximate surface area is 370 Å². The molecule has 1 unspecified atom stereocenters. The summed E-state index contributed by atoms with van der Waals surface area (Å²) < 4.78 is 16.7. The van der Waals surface area contributed by atoms with Gasteiger partial charge >= 0.3 is 17.9 Å². The van der Waals surface area contributed by atoms with Crippen molar-refractivity contribution in [1.29, 1.82) is 0 Å². The van der Waals surface area contributed by atoms with Crippen LogP contribution in [0.2, 0.25) is 0 Å².